The molecule has 1 unspecified atom stereocenters. The Morgan fingerprint density at radius 1 is 1.40 bits per heavy atom. The molecule has 0 aromatic carbocycles. The van der Waals surface area contributed by atoms with Crippen molar-refractivity contribution in [2.24, 2.45) is 5.92 Å². The number of fused-ring (bicyclic) bond motifs is 1. The second-order valence-corrected chi connectivity index (χ2v) is 4.11. The Hall–Kier alpha value is -1.42. The molecular formula is C11H14N4. The Morgan fingerprint density at radius 2 is 2.40 bits per heavy atom. The summed E-state index contributed by atoms with van der Waals surface area (Å²) in [4.78, 5) is 0. The predicted octanol–water partition coefficient (Wildman–Crippen LogP) is 0.881. The molecule has 2 aromatic rings. The van der Waals surface area contributed by atoms with Gasteiger partial charge in [-0.25, -0.2) is 0 Å². The summed E-state index contributed by atoms with van der Waals surface area (Å²) < 4.78 is 2.08. The van der Waals surface area contributed by atoms with Gasteiger partial charge in [-0.15, -0.1) is 10.2 Å². The zero-order valence-electron chi connectivity index (χ0n) is 8.56. The predicted molar refractivity (Wildman–Crippen MR) is 57.7 cm³/mol. The highest BCUT2D eigenvalue weighted by molar-refractivity contribution is 5.37. The molecule has 3 heterocycles. The first-order chi connectivity index (χ1) is 7.43. The minimum atomic E-state index is 0.720. The van der Waals surface area contributed by atoms with E-state index in [1.54, 1.807) is 0 Å². The number of pyridine rings is 1. The summed E-state index contributed by atoms with van der Waals surface area (Å²) in [5.41, 5.74) is 0.943. The molecule has 1 saturated heterocycles. The van der Waals surface area contributed by atoms with Crippen LogP contribution in [0.5, 0.6) is 0 Å². The van der Waals surface area contributed by atoms with E-state index in [0.717, 1.165) is 36.9 Å². The van der Waals surface area contributed by atoms with E-state index in [-0.39, 0.29) is 0 Å². The third-order valence-electron chi connectivity index (χ3n) is 3.02. The van der Waals surface area contributed by atoms with E-state index in [0.29, 0.717) is 0 Å². The van der Waals surface area contributed by atoms with Crippen molar-refractivity contribution in [2.45, 2.75) is 12.8 Å². The van der Waals surface area contributed by atoms with E-state index in [1.807, 2.05) is 24.4 Å². The van der Waals surface area contributed by atoms with E-state index in [1.165, 1.54) is 6.42 Å². The van der Waals surface area contributed by atoms with Crippen molar-refractivity contribution in [3.8, 4) is 0 Å². The molecule has 0 aliphatic carbocycles. The molecule has 2 aromatic heterocycles. The molecule has 0 amide bonds. The monoisotopic (exact) mass is 202 g/mol. The zero-order chi connectivity index (χ0) is 10.1. The van der Waals surface area contributed by atoms with Gasteiger partial charge in [0.25, 0.3) is 0 Å². The molecule has 15 heavy (non-hydrogen) atoms. The van der Waals surface area contributed by atoms with Crippen molar-refractivity contribution in [1.82, 2.24) is 19.9 Å². The van der Waals surface area contributed by atoms with Gasteiger partial charge in [0.2, 0.25) is 0 Å². The Balaban J connectivity index is 1.90. The summed E-state index contributed by atoms with van der Waals surface area (Å²) in [7, 11) is 0. The maximum absolute atomic E-state index is 4.24. The van der Waals surface area contributed by atoms with Crippen molar-refractivity contribution in [1.29, 1.82) is 0 Å². The number of aromatic nitrogens is 3. The lowest BCUT2D eigenvalue weighted by Gasteiger charge is -2.05. The van der Waals surface area contributed by atoms with E-state index >= 15 is 0 Å². The highest BCUT2D eigenvalue weighted by Gasteiger charge is 2.17. The van der Waals surface area contributed by atoms with Crippen molar-refractivity contribution in [2.75, 3.05) is 13.1 Å². The minimum absolute atomic E-state index is 0.720. The fourth-order valence-electron chi connectivity index (χ4n) is 2.18. The minimum Gasteiger partial charge on any atom is -0.316 e. The van der Waals surface area contributed by atoms with Crippen LogP contribution in [-0.2, 0) is 6.42 Å². The zero-order valence-corrected chi connectivity index (χ0v) is 8.56. The van der Waals surface area contributed by atoms with Gasteiger partial charge in [0, 0.05) is 12.6 Å². The van der Waals surface area contributed by atoms with Crippen molar-refractivity contribution >= 4 is 5.65 Å². The van der Waals surface area contributed by atoms with E-state index < -0.39 is 0 Å². The second kappa shape index (κ2) is 3.62. The molecule has 1 N–H and O–H groups in total. The first-order valence-electron chi connectivity index (χ1n) is 5.43. The summed E-state index contributed by atoms with van der Waals surface area (Å²) in [5.74, 6) is 1.80. The number of hydrogen-bond acceptors (Lipinski definition) is 3. The molecule has 1 atom stereocenters. The van der Waals surface area contributed by atoms with Gasteiger partial charge < -0.3 is 5.32 Å². The topological polar surface area (TPSA) is 42.2 Å². The average Bonchev–Trinajstić information content (AvgIpc) is 2.89. The van der Waals surface area contributed by atoms with Gasteiger partial charge in [-0.3, -0.25) is 4.40 Å². The SMILES string of the molecule is c1ccn2c(CC3CCNC3)nnc2c1. The van der Waals surface area contributed by atoms with Crippen LogP contribution in [-0.4, -0.2) is 27.7 Å². The van der Waals surface area contributed by atoms with Crippen LogP contribution >= 0.6 is 0 Å². The van der Waals surface area contributed by atoms with Crippen LogP contribution in [0.4, 0.5) is 0 Å². The first-order valence-corrected chi connectivity index (χ1v) is 5.43. The fourth-order valence-corrected chi connectivity index (χ4v) is 2.18. The lowest BCUT2D eigenvalue weighted by Crippen LogP contribution is -2.12. The van der Waals surface area contributed by atoms with Crippen molar-refractivity contribution in [3.63, 3.8) is 0 Å². The van der Waals surface area contributed by atoms with Gasteiger partial charge in [0.15, 0.2) is 5.65 Å². The third kappa shape index (κ3) is 1.61. The number of nitrogens with zero attached hydrogens (tertiary/aromatic N) is 3. The molecule has 1 fully saturated rings. The van der Waals surface area contributed by atoms with Gasteiger partial charge in [0.1, 0.15) is 5.82 Å². The Bertz CT molecular complexity index is 456. The van der Waals surface area contributed by atoms with Crippen molar-refractivity contribution in [3.05, 3.63) is 30.2 Å². The first kappa shape index (κ1) is 8.85. The lowest BCUT2D eigenvalue weighted by molar-refractivity contribution is 0.558. The van der Waals surface area contributed by atoms with Crippen LogP contribution in [0.25, 0.3) is 5.65 Å². The van der Waals surface area contributed by atoms with Crippen LogP contribution in [0, 0.1) is 5.92 Å². The molecular weight excluding hydrogens is 188 g/mol. The summed E-state index contributed by atoms with van der Waals surface area (Å²) in [6, 6.07) is 6.00. The molecule has 78 valence electrons. The van der Waals surface area contributed by atoms with Gasteiger partial charge in [-0.2, -0.15) is 0 Å². The number of rotatable bonds is 2. The Labute approximate surface area is 88.3 Å². The molecule has 0 bridgehead atoms. The van der Waals surface area contributed by atoms with E-state index in [2.05, 4.69) is 19.9 Å². The van der Waals surface area contributed by atoms with Crippen LogP contribution in [0.3, 0.4) is 0 Å². The van der Waals surface area contributed by atoms with Gasteiger partial charge in [0.05, 0.1) is 0 Å². The highest BCUT2D eigenvalue weighted by atomic mass is 15.2. The summed E-state index contributed by atoms with van der Waals surface area (Å²) in [6.45, 7) is 2.25. The van der Waals surface area contributed by atoms with Crippen molar-refractivity contribution < 1.29 is 0 Å². The number of nitrogens with one attached hydrogen (secondary N) is 1. The Morgan fingerprint density at radius 3 is 3.27 bits per heavy atom. The van der Waals surface area contributed by atoms with Gasteiger partial charge in [-0.1, -0.05) is 6.07 Å². The fraction of sp³-hybridized carbons (Fsp3) is 0.455. The third-order valence-corrected chi connectivity index (χ3v) is 3.02. The lowest BCUT2D eigenvalue weighted by atomic mass is 10.1. The summed E-state index contributed by atoms with van der Waals surface area (Å²) in [6.07, 6.45) is 4.31. The van der Waals surface area contributed by atoms with Crippen LogP contribution in [0.2, 0.25) is 0 Å². The largest absolute Gasteiger partial charge is 0.316 e. The summed E-state index contributed by atoms with van der Waals surface area (Å²) >= 11 is 0. The normalized spacial score (nSPS) is 21.2. The smallest absolute Gasteiger partial charge is 0.160 e. The van der Waals surface area contributed by atoms with E-state index in [4.69, 9.17) is 0 Å². The standard InChI is InChI=1S/C11H14N4/c1-2-6-15-10(3-1)13-14-11(15)7-9-4-5-12-8-9/h1-3,6,9,12H,4-5,7-8H2. The maximum atomic E-state index is 4.24. The van der Waals surface area contributed by atoms with Gasteiger partial charge >= 0.3 is 0 Å². The van der Waals surface area contributed by atoms with Gasteiger partial charge in [-0.05, 0) is 37.6 Å². The quantitative estimate of drug-likeness (QED) is 0.786. The second-order valence-electron chi connectivity index (χ2n) is 4.11. The molecule has 4 heteroatoms. The Kier molecular flexibility index (Phi) is 2.14. The molecule has 0 radical (unpaired) electrons. The van der Waals surface area contributed by atoms with Crippen LogP contribution in [0.1, 0.15) is 12.2 Å². The molecule has 1 aliphatic heterocycles. The average molecular weight is 202 g/mol. The molecule has 4 nitrogen and oxygen atoms in total. The van der Waals surface area contributed by atoms with Crippen LogP contribution in [0.15, 0.2) is 24.4 Å². The molecule has 0 saturated carbocycles. The maximum Gasteiger partial charge on any atom is 0.160 e. The molecule has 0 spiro atoms. The molecule has 3 rings (SSSR count). The number of hydrogen-bond donors (Lipinski definition) is 1. The van der Waals surface area contributed by atoms with E-state index in [9.17, 15) is 0 Å². The summed E-state index contributed by atoms with van der Waals surface area (Å²) in [5, 5.41) is 11.8. The van der Waals surface area contributed by atoms with Crippen LogP contribution < -0.4 is 5.32 Å². The molecule has 1 aliphatic rings. The highest BCUT2D eigenvalue weighted by Crippen LogP contribution is 2.14.